The van der Waals surface area contributed by atoms with Gasteiger partial charge in [-0.1, -0.05) is 13.8 Å². The molecule has 7 heteroatoms. The van der Waals surface area contributed by atoms with Crippen molar-refractivity contribution in [2.75, 3.05) is 12.3 Å². The van der Waals surface area contributed by atoms with E-state index in [4.69, 9.17) is 0 Å². The average Bonchev–Trinajstić information content (AvgIpc) is 2.32. The zero-order valence-corrected chi connectivity index (χ0v) is 12.7. The van der Waals surface area contributed by atoms with Gasteiger partial charge in [0.1, 0.15) is 12.1 Å². The van der Waals surface area contributed by atoms with Gasteiger partial charge in [0, 0.05) is 19.2 Å². The quantitative estimate of drug-likeness (QED) is 0.485. The van der Waals surface area contributed by atoms with Gasteiger partial charge in [0.25, 0.3) is 0 Å². The summed E-state index contributed by atoms with van der Waals surface area (Å²) >= 11 is 4.00. The van der Waals surface area contributed by atoms with Crippen molar-refractivity contribution >= 4 is 30.4 Å². The lowest BCUT2D eigenvalue weighted by Gasteiger charge is -2.19. The highest BCUT2D eigenvalue weighted by molar-refractivity contribution is 7.80. The number of amides is 3. The van der Waals surface area contributed by atoms with E-state index >= 15 is 0 Å². The zero-order valence-electron chi connectivity index (χ0n) is 11.8. The first-order valence-corrected chi connectivity index (χ1v) is 6.87. The first-order valence-electron chi connectivity index (χ1n) is 6.24. The van der Waals surface area contributed by atoms with Crippen LogP contribution >= 0.6 is 12.6 Å². The van der Waals surface area contributed by atoms with Gasteiger partial charge in [-0.05, 0) is 12.8 Å². The van der Waals surface area contributed by atoms with Crippen molar-refractivity contribution in [1.29, 1.82) is 0 Å². The van der Waals surface area contributed by atoms with Crippen LogP contribution in [0.5, 0.6) is 0 Å². The molecule has 3 N–H and O–H groups in total. The minimum atomic E-state index is -0.735. The number of hydrogen-bond acceptors (Lipinski definition) is 4. The molecule has 0 aromatic rings. The summed E-state index contributed by atoms with van der Waals surface area (Å²) in [6.07, 6.45) is 0. The Morgan fingerprint density at radius 3 is 2.05 bits per heavy atom. The molecular formula is C12H23N3O3S. The van der Waals surface area contributed by atoms with Crippen molar-refractivity contribution in [3.8, 4) is 0 Å². The van der Waals surface area contributed by atoms with E-state index in [9.17, 15) is 14.4 Å². The normalized spacial score (nSPS) is 13.6. The van der Waals surface area contributed by atoms with E-state index in [1.807, 2.05) is 13.8 Å². The summed E-state index contributed by atoms with van der Waals surface area (Å²) in [5.41, 5.74) is 0. The third-order valence-electron chi connectivity index (χ3n) is 2.31. The fourth-order valence-corrected chi connectivity index (χ4v) is 1.53. The molecule has 0 aromatic heterocycles. The van der Waals surface area contributed by atoms with Gasteiger partial charge in [0.2, 0.25) is 17.7 Å². The molecule has 2 atom stereocenters. The SMILES string of the molecule is CC(=O)NC(CS)C(=O)NC(C)C(=O)NCC(C)C. The Morgan fingerprint density at radius 1 is 1.05 bits per heavy atom. The first kappa shape index (κ1) is 17.8. The second-order valence-corrected chi connectivity index (χ2v) is 5.17. The van der Waals surface area contributed by atoms with Crippen molar-refractivity contribution in [1.82, 2.24) is 16.0 Å². The molecule has 2 unspecified atom stereocenters. The van der Waals surface area contributed by atoms with Gasteiger partial charge in [-0.15, -0.1) is 0 Å². The van der Waals surface area contributed by atoms with Crippen molar-refractivity contribution in [3.05, 3.63) is 0 Å². The van der Waals surface area contributed by atoms with Gasteiger partial charge in [0.15, 0.2) is 0 Å². The summed E-state index contributed by atoms with van der Waals surface area (Å²) in [5, 5.41) is 7.73. The van der Waals surface area contributed by atoms with Crippen LogP contribution in [-0.4, -0.2) is 42.1 Å². The molecule has 6 nitrogen and oxygen atoms in total. The van der Waals surface area contributed by atoms with Gasteiger partial charge < -0.3 is 16.0 Å². The Morgan fingerprint density at radius 2 is 1.63 bits per heavy atom. The molecule has 0 radical (unpaired) electrons. The molecular weight excluding hydrogens is 266 g/mol. The van der Waals surface area contributed by atoms with Gasteiger partial charge in [-0.2, -0.15) is 12.6 Å². The van der Waals surface area contributed by atoms with Crippen LogP contribution in [0.15, 0.2) is 0 Å². The molecule has 0 heterocycles. The van der Waals surface area contributed by atoms with Gasteiger partial charge in [-0.25, -0.2) is 0 Å². The highest BCUT2D eigenvalue weighted by atomic mass is 32.1. The van der Waals surface area contributed by atoms with Gasteiger partial charge in [0.05, 0.1) is 0 Å². The minimum absolute atomic E-state index is 0.172. The Bertz CT molecular complexity index is 334. The van der Waals surface area contributed by atoms with Crippen LogP contribution in [0.1, 0.15) is 27.7 Å². The Labute approximate surface area is 119 Å². The monoisotopic (exact) mass is 289 g/mol. The number of hydrogen-bond donors (Lipinski definition) is 4. The average molecular weight is 289 g/mol. The van der Waals surface area contributed by atoms with E-state index < -0.39 is 18.0 Å². The molecule has 110 valence electrons. The second-order valence-electron chi connectivity index (χ2n) is 4.80. The van der Waals surface area contributed by atoms with Crippen molar-refractivity contribution < 1.29 is 14.4 Å². The molecule has 0 aliphatic carbocycles. The molecule has 0 rings (SSSR count). The minimum Gasteiger partial charge on any atom is -0.354 e. The number of carbonyl (C=O) groups is 3. The Hall–Kier alpha value is -1.24. The predicted octanol–water partition coefficient (Wildman–Crippen LogP) is -0.302. The number of rotatable bonds is 7. The van der Waals surface area contributed by atoms with Crippen LogP contribution in [0.2, 0.25) is 0 Å². The second kappa shape index (κ2) is 8.79. The molecule has 0 aliphatic rings. The number of carbonyl (C=O) groups excluding carboxylic acids is 3. The molecule has 0 saturated heterocycles. The van der Waals surface area contributed by atoms with Crippen LogP contribution < -0.4 is 16.0 Å². The molecule has 0 bridgehead atoms. The highest BCUT2D eigenvalue weighted by Gasteiger charge is 2.22. The standard InChI is InChI=1S/C12H23N3O3S/c1-7(2)5-13-11(17)8(3)14-12(18)10(6-19)15-9(4)16/h7-8,10,19H,5-6H2,1-4H3,(H,13,17)(H,14,18)(H,15,16). The van der Waals surface area contributed by atoms with Gasteiger partial charge in [-0.3, -0.25) is 14.4 Å². The third kappa shape index (κ3) is 7.71. The number of nitrogens with one attached hydrogen (secondary N) is 3. The molecule has 0 spiro atoms. The van der Waals surface area contributed by atoms with E-state index in [0.717, 1.165) is 0 Å². The van der Waals surface area contributed by atoms with E-state index in [1.54, 1.807) is 6.92 Å². The van der Waals surface area contributed by atoms with Crippen LogP contribution in [0.3, 0.4) is 0 Å². The fourth-order valence-electron chi connectivity index (χ4n) is 1.28. The summed E-state index contributed by atoms with van der Waals surface area (Å²) in [7, 11) is 0. The van der Waals surface area contributed by atoms with Gasteiger partial charge >= 0.3 is 0 Å². The number of thiol groups is 1. The third-order valence-corrected chi connectivity index (χ3v) is 2.68. The molecule has 0 fully saturated rings. The Kier molecular flexibility index (Phi) is 8.22. The lowest BCUT2D eigenvalue weighted by Crippen LogP contribution is -2.53. The summed E-state index contributed by atoms with van der Waals surface area (Å²) in [5.74, 6) is -0.464. The highest BCUT2D eigenvalue weighted by Crippen LogP contribution is 1.93. The van der Waals surface area contributed by atoms with Crippen LogP contribution in [-0.2, 0) is 14.4 Å². The van der Waals surface area contributed by atoms with Crippen molar-refractivity contribution in [3.63, 3.8) is 0 Å². The topological polar surface area (TPSA) is 87.3 Å². The van der Waals surface area contributed by atoms with Crippen LogP contribution in [0.25, 0.3) is 0 Å². The predicted molar refractivity (Wildman–Crippen MR) is 76.9 cm³/mol. The summed E-state index contributed by atoms with van der Waals surface area (Å²) in [4.78, 5) is 34.4. The lowest BCUT2D eigenvalue weighted by atomic mass is 10.2. The van der Waals surface area contributed by atoms with Crippen LogP contribution in [0.4, 0.5) is 0 Å². The van der Waals surface area contributed by atoms with Crippen molar-refractivity contribution in [2.45, 2.75) is 39.8 Å². The van der Waals surface area contributed by atoms with Crippen molar-refractivity contribution in [2.24, 2.45) is 5.92 Å². The molecule has 19 heavy (non-hydrogen) atoms. The maximum atomic E-state index is 11.8. The summed E-state index contributed by atoms with van der Waals surface area (Å²) < 4.78 is 0. The smallest absolute Gasteiger partial charge is 0.244 e. The molecule has 0 aromatic carbocycles. The molecule has 0 aliphatic heterocycles. The molecule has 0 saturated carbocycles. The van der Waals surface area contributed by atoms with E-state index in [1.165, 1.54) is 6.92 Å². The molecule has 3 amide bonds. The zero-order chi connectivity index (χ0) is 15.0. The maximum Gasteiger partial charge on any atom is 0.244 e. The van der Waals surface area contributed by atoms with E-state index in [0.29, 0.717) is 12.5 Å². The Balaban J connectivity index is 4.29. The first-order chi connectivity index (χ1) is 8.77. The fraction of sp³-hybridized carbons (Fsp3) is 0.750. The van der Waals surface area contributed by atoms with E-state index in [-0.39, 0.29) is 17.6 Å². The summed E-state index contributed by atoms with van der Waals surface area (Å²) in [6.45, 7) is 7.44. The van der Waals surface area contributed by atoms with E-state index in [2.05, 4.69) is 28.6 Å². The maximum absolute atomic E-state index is 11.8. The van der Waals surface area contributed by atoms with Crippen LogP contribution in [0, 0.1) is 5.92 Å². The lowest BCUT2D eigenvalue weighted by molar-refractivity contribution is -0.131. The largest absolute Gasteiger partial charge is 0.354 e. The summed E-state index contributed by atoms with van der Waals surface area (Å²) in [6, 6.07) is -1.39.